The molecule has 1 spiro atoms. The number of carbonyl (C=O) groups excluding carboxylic acids is 2. The Morgan fingerprint density at radius 2 is 2.18 bits per heavy atom. The number of oxime groups is 1. The van der Waals surface area contributed by atoms with E-state index in [9.17, 15) is 9.59 Å². The van der Waals surface area contributed by atoms with Crippen LogP contribution in [0.15, 0.2) is 46.4 Å². The smallest absolute Gasteiger partial charge is 0.273 e. The van der Waals surface area contributed by atoms with E-state index in [-0.39, 0.29) is 17.7 Å². The van der Waals surface area contributed by atoms with Gasteiger partial charge in [-0.3, -0.25) is 9.59 Å². The van der Waals surface area contributed by atoms with E-state index in [1.54, 1.807) is 15.8 Å². The fourth-order valence-corrected chi connectivity index (χ4v) is 4.13. The number of hydrogen-bond donors (Lipinski definition) is 1. The molecule has 1 N–H and O–H groups in total. The van der Waals surface area contributed by atoms with Gasteiger partial charge < -0.3 is 15.1 Å². The predicted octanol–water partition coefficient (Wildman–Crippen LogP) is 2.42. The molecule has 1 fully saturated rings. The molecule has 0 unspecified atom stereocenters. The molecule has 2 aromatic rings. The van der Waals surface area contributed by atoms with Crippen molar-refractivity contribution >= 4 is 28.9 Å². The molecule has 8 heteroatoms. The second kappa shape index (κ2) is 7.71. The summed E-state index contributed by atoms with van der Waals surface area (Å²) in [6, 6.07) is 10.1. The van der Waals surface area contributed by atoms with Gasteiger partial charge in [-0.05, 0) is 11.5 Å². The first-order valence-corrected chi connectivity index (χ1v) is 10.3. The molecule has 7 nitrogen and oxygen atoms in total. The molecule has 1 saturated heterocycles. The Hall–Kier alpha value is -2.74. The van der Waals surface area contributed by atoms with Crippen molar-refractivity contribution in [2.75, 3.05) is 19.6 Å². The molecule has 2 atom stereocenters. The predicted molar refractivity (Wildman–Crippen MR) is 106 cm³/mol. The van der Waals surface area contributed by atoms with E-state index in [1.165, 1.54) is 16.9 Å². The lowest BCUT2D eigenvalue weighted by molar-refractivity contribution is -0.115. The zero-order valence-electron chi connectivity index (χ0n) is 15.6. The fraction of sp³-hybridized carbons (Fsp3) is 0.400. The Morgan fingerprint density at radius 3 is 2.93 bits per heavy atom. The lowest BCUT2D eigenvalue weighted by atomic mass is 9.96. The minimum absolute atomic E-state index is 0.101. The van der Waals surface area contributed by atoms with Crippen LogP contribution in [0.4, 0.5) is 0 Å². The number of nitrogens with one attached hydrogen (secondary N) is 1. The SMILES string of the molecule is C[C@@H](CNC(=O)C1=NO[C@]2(CCN(C(=O)c3cscn3)C2)C1)c1ccccc1. The van der Waals surface area contributed by atoms with Crippen molar-refractivity contribution in [3.05, 3.63) is 52.5 Å². The van der Waals surface area contributed by atoms with Gasteiger partial charge in [-0.1, -0.05) is 42.4 Å². The summed E-state index contributed by atoms with van der Waals surface area (Å²) < 4.78 is 0. The van der Waals surface area contributed by atoms with E-state index in [2.05, 4.69) is 34.5 Å². The third-order valence-corrected chi connectivity index (χ3v) is 5.88. The maximum atomic E-state index is 12.5. The summed E-state index contributed by atoms with van der Waals surface area (Å²) in [7, 11) is 0. The third kappa shape index (κ3) is 3.77. The molecule has 0 aliphatic carbocycles. The van der Waals surface area contributed by atoms with Gasteiger partial charge in [0.2, 0.25) is 0 Å². The molecule has 2 aliphatic heterocycles. The van der Waals surface area contributed by atoms with Gasteiger partial charge >= 0.3 is 0 Å². The molecule has 146 valence electrons. The van der Waals surface area contributed by atoms with Crippen molar-refractivity contribution in [3.8, 4) is 0 Å². The van der Waals surface area contributed by atoms with E-state index >= 15 is 0 Å². The largest absolute Gasteiger partial charge is 0.386 e. The van der Waals surface area contributed by atoms with Crippen molar-refractivity contribution in [2.45, 2.75) is 31.3 Å². The van der Waals surface area contributed by atoms with E-state index in [4.69, 9.17) is 4.84 Å². The van der Waals surface area contributed by atoms with E-state index in [0.29, 0.717) is 43.9 Å². The standard InChI is InChI=1S/C20H22N4O3S/c1-14(15-5-3-2-4-6-15)10-21-18(25)16-9-20(27-23-16)7-8-24(12-20)19(26)17-11-28-13-22-17/h2-6,11,13-14H,7-10,12H2,1H3,(H,21,25)/t14-,20+/m0/s1. The Balaban J connectivity index is 1.30. The van der Waals surface area contributed by atoms with Crippen molar-refractivity contribution in [2.24, 2.45) is 5.16 Å². The average molecular weight is 398 g/mol. The monoisotopic (exact) mass is 398 g/mol. The molecular formula is C20H22N4O3S. The first-order chi connectivity index (χ1) is 13.6. The van der Waals surface area contributed by atoms with Crippen molar-refractivity contribution in [3.63, 3.8) is 0 Å². The quantitative estimate of drug-likeness (QED) is 0.838. The highest BCUT2D eigenvalue weighted by Gasteiger charge is 2.48. The number of thiazole rings is 1. The van der Waals surface area contributed by atoms with Gasteiger partial charge in [-0.15, -0.1) is 11.3 Å². The molecule has 1 aromatic heterocycles. The number of carbonyl (C=O) groups is 2. The number of hydrogen-bond acceptors (Lipinski definition) is 6. The Labute approximate surface area is 167 Å². The van der Waals surface area contributed by atoms with Crippen LogP contribution >= 0.6 is 11.3 Å². The fourth-order valence-electron chi connectivity index (χ4n) is 3.61. The number of rotatable bonds is 5. The Morgan fingerprint density at radius 1 is 1.36 bits per heavy atom. The highest BCUT2D eigenvalue weighted by molar-refractivity contribution is 7.07. The molecule has 4 rings (SSSR count). The van der Waals surface area contributed by atoms with Crippen molar-refractivity contribution in [1.29, 1.82) is 0 Å². The number of aromatic nitrogens is 1. The van der Waals surface area contributed by atoms with E-state index in [0.717, 1.165) is 0 Å². The third-order valence-electron chi connectivity index (χ3n) is 5.29. The summed E-state index contributed by atoms with van der Waals surface area (Å²) in [5.41, 5.74) is 3.07. The highest BCUT2D eigenvalue weighted by atomic mass is 32.1. The molecule has 0 bridgehead atoms. The summed E-state index contributed by atoms with van der Waals surface area (Å²) in [6.07, 6.45) is 1.07. The molecule has 2 aliphatic rings. The number of benzene rings is 1. The van der Waals surface area contributed by atoms with E-state index < -0.39 is 5.60 Å². The van der Waals surface area contributed by atoms with Crippen LogP contribution in [0, 0.1) is 0 Å². The van der Waals surface area contributed by atoms with Gasteiger partial charge in [0, 0.05) is 31.3 Å². The molecule has 0 radical (unpaired) electrons. The summed E-state index contributed by atoms with van der Waals surface area (Å²) in [5.74, 6) is -0.0972. The van der Waals surface area contributed by atoms with Crippen molar-refractivity contribution in [1.82, 2.24) is 15.2 Å². The van der Waals surface area contributed by atoms with Gasteiger partial charge in [0.25, 0.3) is 11.8 Å². The Bertz CT molecular complexity index is 884. The molecule has 1 aromatic carbocycles. The van der Waals surface area contributed by atoms with Crippen LogP contribution in [0.5, 0.6) is 0 Å². The molecular weight excluding hydrogens is 376 g/mol. The molecule has 3 heterocycles. The van der Waals surface area contributed by atoms with Crippen LogP contribution < -0.4 is 5.32 Å². The second-order valence-electron chi connectivity index (χ2n) is 7.36. The van der Waals surface area contributed by atoms with Crippen LogP contribution in [0.2, 0.25) is 0 Å². The molecule has 0 saturated carbocycles. The second-order valence-corrected chi connectivity index (χ2v) is 8.08. The lowest BCUT2D eigenvalue weighted by Crippen LogP contribution is -2.39. The zero-order chi connectivity index (χ0) is 19.6. The summed E-state index contributed by atoms with van der Waals surface area (Å²) >= 11 is 1.40. The minimum atomic E-state index is -0.594. The maximum Gasteiger partial charge on any atom is 0.273 e. The average Bonchev–Trinajstić information content (AvgIpc) is 3.48. The van der Waals surface area contributed by atoms with Gasteiger partial charge in [0.1, 0.15) is 11.4 Å². The Kier molecular flexibility index (Phi) is 5.13. The van der Waals surface area contributed by atoms with Crippen LogP contribution in [-0.2, 0) is 9.63 Å². The normalized spacial score (nSPS) is 22.0. The molecule has 28 heavy (non-hydrogen) atoms. The number of likely N-dealkylation sites (tertiary alicyclic amines) is 1. The molecule has 2 amide bonds. The van der Waals surface area contributed by atoms with Crippen LogP contribution in [0.3, 0.4) is 0 Å². The number of amides is 2. The van der Waals surface area contributed by atoms with Gasteiger partial charge in [0.15, 0.2) is 5.60 Å². The minimum Gasteiger partial charge on any atom is -0.386 e. The van der Waals surface area contributed by atoms with Gasteiger partial charge in [0.05, 0.1) is 12.1 Å². The van der Waals surface area contributed by atoms with Gasteiger partial charge in [-0.25, -0.2) is 4.98 Å². The zero-order valence-corrected chi connectivity index (χ0v) is 16.4. The van der Waals surface area contributed by atoms with Crippen molar-refractivity contribution < 1.29 is 14.4 Å². The summed E-state index contributed by atoms with van der Waals surface area (Å²) in [4.78, 5) is 36.4. The summed E-state index contributed by atoms with van der Waals surface area (Å²) in [6.45, 7) is 3.60. The number of nitrogens with zero attached hydrogens (tertiary/aromatic N) is 3. The topological polar surface area (TPSA) is 83.9 Å². The summed E-state index contributed by atoms with van der Waals surface area (Å²) in [5, 5.41) is 8.72. The van der Waals surface area contributed by atoms with Crippen LogP contribution in [0.1, 0.15) is 41.7 Å². The van der Waals surface area contributed by atoms with Crippen LogP contribution in [0.25, 0.3) is 0 Å². The highest BCUT2D eigenvalue weighted by Crippen LogP contribution is 2.34. The van der Waals surface area contributed by atoms with E-state index in [1.807, 2.05) is 18.2 Å². The first kappa shape index (κ1) is 18.6. The first-order valence-electron chi connectivity index (χ1n) is 9.32. The lowest BCUT2D eigenvalue weighted by Gasteiger charge is -2.21. The maximum absolute atomic E-state index is 12.5. The van der Waals surface area contributed by atoms with Crippen LogP contribution in [-0.4, -0.2) is 52.6 Å². The van der Waals surface area contributed by atoms with Gasteiger partial charge in [-0.2, -0.15) is 0 Å².